The third-order valence-corrected chi connectivity index (χ3v) is 5.59. The van der Waals surface area contributed by atoms with Crippen LogP contribution < -0.4 is 20.9 Å². The number of benzene rings is 2. The predicted octanol–water partition coefficient (Wildman–Crippen LogP) is 4.17. The topological polar surface area (TPSA) is 68.8 Å². The van der Waals surface area contributed by atoms with Crippen molar-refractivity contribution in [3.05, 3.63) is 65.7 Å². The molecule has 0 saturated carbocycles. The number of nitrogens with one attached hydrogen (secondary N) is 3. The van der Waals surface area contributed by atoms with Gasteiger partial charge in [0, 0.05) is 43.0 Å². The van der Waals surface area contributed by atoms with Crippen LogP contribution in [0, 0.1) is 0 Å². The standard InChI is InChI=1S/C25H35N5O.HI/c1-4-19(3)28-24(31)21-11-9-10-20(16-21)17-27-25(26-5-2)29-22-14-15-30(18-22)23-12-7-6-8-13-23;/h6-13,16,19,22H,4-5,14-15,17-18H2,1-3H3,(H,28,31)(H2,26,27,29);1H. The summed E-state index contributed by atoms with van der Waals surface area (Å²) in [5.74, 6) is 0.786. The summed E-state index contributed by atoms with van der Waals surface area (Å²) in [6.07, 6.45) is 1.99. The second-order valence-electron chi connectivity index (χ2n) is 8.09. The van der Waals surface area contributed by atoms with E-state index in [2.05, 4.69) is 59.0 Å². The Morgan fingerprint density at radius 3 is 2.66 bits per heavy atom. The Hall–Kier alpha value is -2.29. The van der Waals surface area contributed by atoms with E-state index in [1.165, 1.54) is 5.69 Å². The largest absolute Gasteiger partial charge is 0.369 e. The monoisotopic (exact) mass is 549 g/mol. The molecule has 1 aliphatic rings. The van der Waals surface area contributed by atoms with E-state index in [0.29, 0.717) is 18.2 Å². The smallest absolute Gasteiger partial charge is 0.251 e. The first-order valence-corrected chi connectivity index (χ1v) is 11.3. The maximum Gasteiger partial charge on any atom is 0.251 e. The summed E-state index contributed by atoms with van der Waals surface area (Å²) in [5.41, 5.74) is 2.97. The van der Waals surface area contributed by atoms with Gasteiger partial charge in [-0.15, -0.1) is 24.0 Å². The molecule has 1 fully saturated rings. The number of para-hydroxylation sites is 1. The minimum Gasteiger partial charge on any atom is -0.369 e. The highest BCUT2D eigenvalue weighted by Gasteiger charge is 2.23. The van der Waals surface area contributed by atoms with Crippen LogP contribution in [0.15, 0.2) is 59.6 Å². The number of anilines is 1. The van der Waals surface area contributed by atoms with Crippen LogP contribution >= 0.6 is 24.0 Å². The van der Waals surface area contributed by atoms with E-state index < -0.39 is 0 Å². The van der Waals surface area contributed by atoms with Crippen molar-refractivity contribution >= 4 is 41.5 Å². The molecule has 2 aromatic rings. The van der Waals surface area contributed by atoms with Crippen molar-refractivity contribution in [2.45, 2.75) is 52.2 Å². The van der Waals surface area contributed by atoms with Crippen LogP contribution in [0.1, 0.15) is 49.5 Å². The lowest BCUT2D eigenvalue weighted by Gasteiger charge is -2.20. The Morgan fingerprint density at radius 2 is 1.94 bits per heavy atom. The lowest BCUT2D eigenvalue weighted by molar-refractivity contribution is 0.0939. The molecule has 0 radical (unpaired) electrons. The highest BCUT2D eigenvalue weighted by Crippen LogP contribution is 2.19. The third kappa shape index (κ3) is 7.69. The highest BCUT2D eigenvalue weighted by atomic mass is 127. The van der Waals surface area contributed by atoms with Gasteiger partial charge in [0.15, 0.2) is 5.96 Å². The number of halogens is 1. The van der Waals surface area contributed by atoms with Crippen LogP contribution in [0.5, 0.6) is 0 Å². The Labute approximate surface area is 209 Å². The van der Waals surface area contributed by atoms with E-state index in [9.17, 15) is 4.79 Å². The molecular formula is C25H36IN5O. The van der Waals surface area contributed by atoms with Crippen molar-refractivity contribution < 1.29 is 4.79 Å². The van der Waals surface area contributed by atoms with E-state index in [-0.39, 0.29) is 35.9 Å². The molecule has 7 heteroatoms. The maximum absolute atomic E-state index is 12.4. The molecule has 32 heavy (non-hydrogen) atoms. The molecule has 0 spiro atoms. The second-order valence-corrected chi connectivity index (χ2v) is 8.09. The van der Waals surface area contributed by atoms with Crippen molar-refractivity contribution in [3.8, 4) is 0 Å². The van der Waals surface area contributed by atoms with Gasteiger partial charge in [-0.3, -0.25) is 4.79 Å². The zero-order chi connectivity index (χ0) is 22.1. The molecule has 1 amide bonds. The number of hydrogen-bond acceptors (Lipinski definition) is 3. The van der Waals surface area contributed by atoms with Crippen LogP contribution in [0.25, 0.3) is 0 Å². The molecule has 174 valence electrons. The van der Waals surface area contributed by atoms with E-state index in [1.807, 2.05) is 37.3 Å². The minimum atomic E-state index is -0.0304. The quantitative estimate of drug-likeness (QED) is 0.263. The molecule has 0 aromatic heterocycles. The fraction of sp³-hybridized carbons (Fsp3) is 0.440. The molecule has 6 nitrogen and oxygen atoms in total. The Balaban J connectivity index is 0.00000363. The van der Waals surface area contributed by atoms with Gasteiger partial charge in [-0.1, -0.05) is 37.3 Å². The van der Waals surface area contributed by atoms with Gasteiger partial charge in [0.1, 0.15) is 0 Å². The molecule has 2 atom stereocenters. The number of amides is 1. The van der Waals surface area contributed by atoms with Gasteiger partial charge in [0.05, 0.1) is 6.54 Å². The summed E-state index contributed by atoms with van der Waals surface area (Å²) < 4.78 is 0. The van der Waals surface area contributed by atoms with Crippen molar-refractivity contribution in [1.29, 1.82) is 0 Å². The van der Waals surface area contributed by atoms with E-state index in [1.54, 1.807) is 0 Å². The number of nitrogens with zero attached hydrogens (tertiary/aromatic N) is 2. The Kier molecular flexibility index (Phi) is 10.8. The molecule has 2 aromatic carbocycles. The van der Waals surface area contributed by atoms with E-state index in [4.69, 9.17) is 4.99 Å². The van der Waals surface area contributed by atoms with Gasteiger partial charge in [-0.2, -0.15) is 0 Å². The summed E-state index contributed by atoms with van der Waals surface area (Å²) in [6, 6.07) is 18.8. The van der Waals surface area contributed by atoms with Crippen LogP contribution in [0.2, 0.25) is 0 Å². The summed E-state index contributed by atoms with van der Waals surface area (Å²) in [4.78, 5) is 19.6. The summed E-state index contributed by atoms with van der Waals surface area (Å²) in [5, 5.41) is 9.94. The molecular weight excluding hydrogens is 513 g/mol. The average Bonchev–Trinajstić information content (AvgIpc) is 3.27. The number of guanidine groups is 1. The molecule has 1 aliphatic heterocycles. The normalized spacial score (nSPS) is 16.8. The van der Waals surface area contributed by atoms with Gasteiger partial charge in [-0.25, -0.2) is 4.99 Å². The van der Waals surface area contributed by atoms with Gasteiger partial charge < -0.3 is 20.9 Å². The molecule has 0 aliphatic carbocycles. The van der Waals surface area contributed by atoms with Gasteiger partial charge in [0.25, 0.3) is 5.91 Å². The van der Waals surface area contributed by atoms with Crippen LogP contribution in [0.4, 0.5) is 5.69 Å². The zero-order valence-corrected chi connectivity index (χ0v) is 21.6. The van der Waals surface area contributed by atoms with Crippen LogP contribution in [-0.4, -0.2) is 43.6 Å². The Morgan fingerprint density at radius 1 is 1.16 bits per heavy atom. The molecule has 2 unspecified atom stereocenters. The average molecular weight is 550 g/mol. The molecule has 3 N–H and O–H groups in total. The number of carbonyl (C=O) groups is 1. The van der Waals surface area contributed by atoms with E-state index >= 15 is 0 Å². The maximum atomic E-state index is 12.4. The van der Waals surface area contributed by atoms with Crippen molar-refractivity contribution in [3.63, 3.8) is 0 Å². The summed E-state index contributed by atoms with van der Waals surface area (Å²) in [6.45, 7) is 9.47. The minimum absolute atomic E-state index is 0. The predicted molar refractivity (Wildman–Crippen MR) is 144 cm³/mol. The van der Waals surface area contributed by atoms with Crippen molar-refractivity contribution in [1.82, 2.24) is 16.0 Å². The van der Waals surface area contributed by atoms with Gasteiger partial charge >= 0.3 is 0 Å². The fourth-order valence-electron chi connectivity index (χ4n) is 3.66. The van der Waals surface area contributed by atoms with Crippen LogP contribution in [-0.2, 0) is 6.54 Å². The number of rotatable bonds is 8. The highest BCUT2D eigenvalue weighted by molar-refractivity contribution is 14.0. The first kappa shape index (κ1) is 26.0. The lowest BCUT2D eigenvalue weighted by Crippen LogP contribution is -2.44. The van der Waals surface area contributed by atoms with Gasteiger partial charge in [0.2, 0.25) is 0 Å². The lowest BCUT2D eigenvalue weighted by atomic mass is 10.1. The molecule has 1 saturated heterocycles. The van der Waals surface area contributed by atoms with Crippen molar-refractivity contribution in [2.75, 3.05) is 24.5 Å². The zero-order valence-electron chi connectivity index (χ0n) is 19.3. The molecule has 0 bridgehead atoms. The fourth-order valence-corrected chi connectivity index (χ4v) is 3.66. The number of hydrogen-bond donors (Lipinski definition) is 3. The van der Waals surface area contributed by atoms with E-state index in [0.717, 1.165) is 44.0 Å². The molecule has 3 rings (SSSR count). The molecule has 1 heterocycles. The summed E-state index contributed by atoms with van der Waals surface area (Å²) in [7, 11) is 0. The number of carbonyl (C=O) groups excluding carboxylic acids is 1. The van der Waals surface area contributed by atoms with Crippen LogP contribution in [0.3, 0.4) is 0 Å². The summed E-state index contributed by atoms with van der Waals surface area (Å²) >= 11 is 0. The number of aliphatic imine (C=N–C) groups is 1. The first-order chi connectivity index (χ1) is 15.1. The third-order valence-electron chi connectivity index (χ3n) is 5.59. The Bertz CT molecular complexity index is 874. The second kappa shape index (κ2) is 13.3. The van der Waals surface area contributed by atoms with Crippen molar-refractivity contribution in [2.24, 2.45) is 4.99 Å². The SMILES string of the molecule is CCNC(=NCc1cccc(C(=O)NC(C)CC)c1)NC1CCN(c2ccccc2)C1.I. The first-order valence-electron chi connectivity index (χ1n) is 11.3. The van der Waals surface area contributed by atoms with Gasteiger partial charge in [-0.05, 0) is 56.5 Å².